The minimum absolute atomic E-state index is 0.0877. The Labute approximate surface area is 111 Å². The van der Waals surface area contributed by atoms with Gasteiger partial charge < -0.3 is 20.5 Å². The van der Waals surface area contributed by atoms with Crippen molar-refractivity contribution in [2.24, 2.45) is 0 Å². The molecule has 104 valence electrons. The molecule has 0 aromatic heterocycles. The van der Waals surface area contributed by atoms with Gasteiger partial charge in [-0.25, -0.2) is 0 Å². The van der Waals surface area contributed by atoms with Gasteiger partial charge in [0.2, 0.25) is 0 Å². The molecule has 0 aliphatic rings. The number of carbonyl (C=O) groups is 2. The van der Waals surface area contributed by atoms with E-state index in [2.05, 4.69) is 0 Å². The first kappa shape index (κ1) is 14.8. The van der Waals surface area contributed by atoms with Gasteiger partial charge in [0.25, 0.3) is 5.91 Å². The maximum Gasteiger partial charge on any atom is 0.305 e. The zero-order valence-corrected chi connectivity index (χ0v) is 11.0. The van der Waals surface area contributed by atoms with E-state index in [1.54, 1.807) is 25.1 Å². The van der Waals surface area contributed by atoms with Gasteiger partial charge in [0.1, 0.15) is 5.75 Å². The molecule has 3 N–H and O–H groups in total. The van der Waals surface area contributed by atoms with Crippen LogP contribution in [0.25, 0.3) is 0 Å². The first-order chi connectivity index (χ1) is 8.99. The number of anilines is 1. The molecule has 0 saturated heterocycles. The van der Waals surface area contributed by atoms with E-state index in [9.17, 15) is 9.59 Å². The maximum absolute atomic E-state index is 12.2. The average Bonchev–Trinajstić information content (AvgIpc) is 2.38. The Hall–Kier alpha value is -2.24. The van der Waals surface area contributed by atoms with Crippen molar-refractivity contribution in [3.63, 3.8) is 0 Å². The predicted octanol–water partition coefficient (Wildman–Crippen LogP) is 1.21. The highest BCUT2D eigenvalue weighted by atomic mass is 16.5. The second-order valence-electron chi connectivity index (χ2n) is 3.98. The first-order valence-corrected chi connectivity index (χ1v) is 5.94. The van der Waals surface area contributed by atoms with Gasteiger partial charge in [-0.15, -0.1) is 0 Å². The van der Waals surface area contributed by atoms with E-state index in [1.165, 1.54) is 12.0 Å². The Morgan fingerprint density at radius 3 is 2.58 bits per heavy atom. The van der Waals surface area contributed by atoms with Crippen molar-refractivity contribution in [2.75, 3.05) is 25.9 Å². The predicted molar refractivity (Wildman–Crippen MR) is 71.2 cm³/mol. The SMILES string of the molecule is CCN(CCC(=O)O)C(=O)c1ccc(OC)cc1N. The molecule has 0 atom stereocenters. The molecule has 1 amide bonds. The molecule has 6 nitrogen and oxygen atoms in total. The standard InChI is InChI=1S/C13H18N2O4/c1-3-15(7-6-12(16)17)13(18)10-5-4-9(19-2)8-11(10)14/h4-5,8H,3,6-7,14H2,1-2H3,(H,16,17). The summed E-state index contributed by atoms with van der Waals surface area (Å²) in [6, 6.07) is 4.80. The lowest BCUT2D eigenvalue weighted by atomic mass is 10.1. The van der Waals surface area contributed by atoms with Gasteiger partial charge in [-0.2, -0.15) is 0 Å². The summed E-state index contributed by atoms with van der Waals surface area (Å²) in [7, 11) is 1.52. The lowest BCUT2D eigenvalue weighted by Gasteiger charge is -2.21. The van der Waals surface area contributed by atoms with E-state index >= 15 is 0 Å². The van der Waals surface area contributed by atoms with Crippen molar-refractivity contribution in [3.8, 4) is 5.75 Å². The van der Waals surface area contributed by atoms with Gasteiger partial charge in [-0.1, -0.05) is 0 Å². The summed E-state index contributed by atoms with van der Waals surface area (Å²) < 4.78 is 5.01. The zero-order chi connectivity index (χ0) is 14.4. The molecule has 19 heavy (non-hydrogen) atoms. The Morgan fingerprint density at radius 1 is 1.42 bits per heavy atom. The summed E-state index contributed by atoms with van der Waals surface area (Å²) in [4.78, 5) is 24.2. The molecule has 1 rings (SSSR count). The fraction of sp³-hybridized carbons (Fsp3) is 0.385. The number of carboxylic acids is 1. The lowest BCUT2D eigenvalue weighted by molar-refractivity contribution is -0.137. The highest BCUT2D eigenvalue weighted by Gasteiger charge is 2.17. The molecule has 0 fully saturated rings. The molecule has 0 saturated carbocycles. The third-order valence-electron chi connectivity index (χ3n) is 2.75. The van der Waals surface area contributed by atoms with Crippen LogP contribution in [0.15, 0.2) is 18.2 Å². The first-order valence-electron chi connectivity index (χ1n) is 5.94. The molecule has 0 heterocycles. The quantitative estimate of drug-likeness (QED) is 0.755. The van der Waals surface area contributed by atoms with Gasteiger partial charge in [-0.3, -0.25) is 9.59 Å². The number of hydrogen-bond donors (Lipinski definition) is 2. The highest BCUT2D eigenvalue weighted by Crippen LogP contribution is 2.21. The number of nitrogens with two attached hydrogens (primary N) is 1. The fourth-order valence-electron chi connectivity index (χ4n) is 1.67. The summed E-state index contributed by atoms with van der Waals surface area (Å²) >= 11 is 0. The number of ether oxygens (including phenoxy) is 1. The van der Waals surface area contributed by atoms with Crippen LogP contribution in [-0.4, -0.2) is 42.1 Å². The van der Waals surface area contributed by atoms with Crippen LogP contribution in [-0.2, 0) is 4.79 Å². The Bertz CT molecular complexity index is 474. The average molecular weight is 266 g/mol. The van der Waals surface area contributed by atoms with Crippen molar-refractivity contribution in [3.05, 3.63) is 23.8 Å². The molecule has 0 aliphatic carbocycles. The van der Waals surface area contributed by atoms with Gasteiger partial charge in [0.15, 0.2) is 0 Å². The summed E-state index contributed by atoms with van der Waals surface area (Å²) in [6.45, 7) is 2.38. The van der Waals surface area contributed by atoms with Crippen LogP contribution >= 0.6 is 0 Å². The maximum atomic E-state index is 12.2. The smallest absolute Gasteiger partial charge is 0.305 e. The van der Waals surface area contributed by atoms with Gasteiger partial charge >= 0.3 is 5.97 Å². The number of carboxylic acid groups (broad SMARTS) is 1. The topological polar surface area (TPSA) is 92.9 Å². The van der Waals surface area contributed by atoms with E-state index in [1.807, 2.05) is 0 Å². The third-order valence-corrected chi connectivity index (χ3v) is 2.75. The van der Waals surface area contributed by atoms with Crippen LogP contribution in [0.2, 0.25) is 0 Å². The molecular formula is C13H18N2O4. The number of nitrogens with zero attached hydrogens (tertiary/aromatic N) is 1. The van der Waals surface area contributed by atoms with Crippen LogP contribution in [0, 0.1) is 0 Å². The number of benzene rings is 1. The number of rotatable bonds is 6. The van der Waals surface area contributed by atoms with Crippen molar-refractivity contribution in [2.45, 2.75) is 13.3 Å². The fourth-order valence-corrected chi connectivity index (χ4v) is 1.67. The van der Waals surface area contributed by atoms with Crippen LogP contribution in [0.3, 0.4) is 0 Å². The number of aliphatic carboxylic acids is 1. The third kappa shape index (κ3) is 3.87. The number of hydrogen-bond acceptors (Lipinski definition) is 4. The van der Waals surface area contributed by atoms with Gasteiger partial charge in [0, 0.05) is 24.8 Å². The largest absolute Gasteiger partial charge is 0.497 e. The molecule has 6 heteroatoms. The van der Waals surface area contributed by atoms with E-state index in [0.717, 1.165) is 0 Å². The summed E-state index contributed by atoms with van der Waals surface area (Å²) in [5, 5.41) is 8.65. The molecule has 1 aromatic rings. The molecular weight excluding hydrogens is 248 g/mol. The summed E-state index contributed by atoms with van der Waals surface area (Å²) in [6.07, 6.45) is -0.0877. The van der Waals surface area contributed by atoms with Crippen LogP contribution in [0.4, 0.5) is 5.69 Å². The molecule has 0 radical (unpaired) electrons. The monoisotopic (exact) mass is 266 g/mol. The summed E-state index contributed by atoms with van der Waals surface area (Å²) in [5.41, 5.74) is 6.47. The van der Waals surface area contributed by atoms with E-state index in [-0.39, 0.29) is 18.9 Å². The number of amides is 1. The molecule has 1 aromatic carbocycles. The Balaban J connectivity index is 2.88. The number of methoxy groups -OCH3 is 1. The number of carbonyl (C=O) groups excluding carboxylic acids is 1. The molecule has 0 bridgehead atoms. The van der Waals surface area contributed by atoms with Gasteiger partial charge in [-0.05, 0) is 19.1 Å². The molecule has 0 unspecified atom stereocenters. The van der Waals surface area contributed by atoms with Crippen LogP contribution in [0.5, 0.6) is 5.75 Å². The molecule has 0 spiro atoms. The second kappa shape index (κ2) is 6.63. The van der Waals surface area contributed by atoms with Crippen LogP contribution < -0.4 is 10.5 Å². The normalized spacial score (nSPS) is 10.0. The number of nitrogen functional groups attached to an aromatic ring is 1. The lowest BCUT2D eigenvalue weighted by Crippen LogP contribution is -2.33. The minimum atomic E-state index is -0.936. The van der Waals surface area contributed by atoms with E-state index in [4.69, 9.17) is 15.6 Å². The van der Waals surface area contributed by atoms with Crippen molar-refractivity contribution in [1.82, 2.24) is 4.90 Å². The van der Waals surface area contributed by atoms with Crippen molar-refractivity contribution >= 4 is 17.6 Å². The Morgan fingerprint density at radius 2 is 2.11 bits per heavy atom. The van der Waals surface area contributed by atoms with Crippen molar-refractivity contribution < 1.29 is 19.4 Å². The summed E-state index contributed by atoms with van der Waals surface area (Å²) in [5.74, 6) is -0.638. The van der Waals surface area contributed by atoms with E-state index < -0.39 is 5.97 Å². The van der Waals surface area contributed by atoms with Gasteiger partial charge in [0.05, 0.1) is 19.1 Å². The van der Waals surface area contributed by atoms with Crippen molar-refractivity contribution in [1.29, 1.82) is 0 Å². The highest BCUT2D eigenvalue weighted by molar-refractivity contribution is 5.99. The second-order valence-corrected chi connectivity index (χ2v) is 3.98. The molecule has 0 aliphatic heterocycles. The minimum Gasteiger partial charge on any atom is -0.497 e. The van der Waals surface area contributed by atoms with E-state index in [0.29, 0.717) is 23.5 Å². The Kier molecular flexibility index (Phi) is 5.17. The van der Waals surface area contributed by atoms with Crippen LogP contribution in [0.1, 0.15) is 23.7 Å². The zero-order valence-electron chi connectivity index (χ0n) is 11.0.